The van der Waals surface area contributed by atoms with Crippen molar-refractivity contribution < 1.29 is 9.69 Å². The molecule has 0 bridgehead atoms. The summed E-state index contributed by atoms with van der Waals surface area (Å²) < 4.78 is 0. The highest BCUT2D eigenvalue weighted by Crippen LogP contribution is 2.15. The van der Waals surface area contributed by atoms with E-state index in [4.69, 9.17) is 0 Å². The number of hydrogen-bond acceptors (Lipinski definition) is 1. The van der Waals surface area contributed by atoms with Crippen molar-refractivity contribution in [1.29, 1.82) is 0 Å². The Morgan fingerprint density at radius 3 is 2.53 bits per heavy atom. The third-order valence-electron chi connectivity index (χ3n) is 3.89. The fourth-order valence-electron chi connectivity index (χ4n) is 2.70. The fourth-order valence-corrected chi connectivity index (χ4v) is 2.70. The average Bonchev–Trinajstić information content (AvgIpc) is 2.62. The van der Waals surface area contributed by atoms with Gasteiger partial charge in [0.2, 0.25) is 0 Å². The van der Waals surface area contributed by atoms with Gasteiger partial charge in [-0.25, -0.2) is 0 Å². The van der Waals surface area contributed by atoms with E-state index in [0.29, 0.717) is 6.54 Å². The fraction of sp³-hybridized carbons (Fsp3) is 0.562. The van der Waals surface area contributed by atoms with Crippen LogP contribution in [-0.4, -0.2) is 25.5 Å². The molecule has 0 saturated carbocycles. The first-order valence-electron chi connectivity index (χ1n) is 7.36. The van der Waals surface area contributed by atoms with Crippen LogP contribution in [0, 0.1) is 13.8 Å². The van der Waals surface area contributed by atoms with Gasteiger partial charge in [0.25, 0.3) is 5.91 Å². The van der Waals surface area contributed by atoms with Gasteiger partial charge in [0.1, 0.15) is 0 Å². The third kappa shape index (κ3) is 4.35. The lowest BCUT2D eigenvalue weighted by molar-refractivity contribution is -0.890. The summed E-state index contributed by atoms with van der Waals surface area (Å²) in [6, 6.07) is 6.18. The van der Waals surface area contributed by atoms with E-state index in [0.717, 1.165) is 24.3 Å². The summed E-state index contributed by atoms with van der Waals surface area (Å²) in [6.07, 6.45) is 5.16. The van der Waals surface area contributed by atoms with E-state index in [9.17, 15) is 4.79 Å². The standard InChI is InChI=1S/C16H24N2O/c1-13-7-8-14(2)15(11-13)17-16(19)12-18-9-5-3-4-6-10-18/h7-8,11H,3-6,9-10,12H2,1-2H3,(H,17,19)/p+1. The van der Waals surface area contributed by atoms with Crippen LogP contribution in [0.2, 0.25) is 0 Å². The summed E-state index contributed by atoms with van der Waals surface area (Å²) >= 11 is 0. The third-order valence-corrected chi connectivity index (χ3v) is 3.89. The second-order valence-electron chi connectivity index (χ2n) is 5.71. The average molecular weight is 261 g/mol. The first-order chi connectivity index (χ1) is 9.15. The quantitative estimate of drug-likeness (QED) is 0.853. The van der Waals surface area contributed by atoms with Crippen LogP contribution in [0.4, 0.5) is 5.69 Å². The highest BCUT2D eigenvalue weighted by atomic mass is 16.2. The monoisotopic (exact) mass is 261 g/mol. The van der Waals surface area contributed by atoms with Gasteiger partial charge in [-0.2, -0.15) is 0 Å². The summed E-state index contributed by atoms with van der Waals surface area (Å²) in [6.45, 7) is 6.97. The molecular formula is C16H25N2O+. The molecule has 0 radical (unpaired) electrons. The van der Waals surface area contributed by atoms with Crippen LogP contribution in [0.5, 0.6) is 0 Å². The highest BCUT2D eigenvalue weighted by molar-refractivity contribution is 5.92. The molecule has 1 amide bonds. The number of hydrogen-bond donors (Lipinski definition) is 2. The summed E-state index contributed by atoms with van der Waals surface area (Å²) in [5, 5.41) is 3.06. The number of aryl methyl sites for hydroxylation is 2. The van der Waals surface area contributed by atoms with Crippen LogP contribution in [0.3, 0.4) is 0 Å². The largest absolute Gasteiger partial charge is 0.327 e. The van der Waals surface area contributed by atoms with Gasteiger partial charge in [0, 0.05) is 5.69 Å². The molecule has 2 N–H and O–H groups in total. The molecule has 3 heteroatoms. The molecule has 1 aliphatic rings. The molecule has 0 spiro atoms. The minimum atomic E-state index is 0.144. The minimum Gasteiger partial charge on any atom is -0.327 e. The summed E-state index contributed by atoms with van der Waals surface area (Å²) in [4.78, 5) is 13.6. The summed E-state index contributed by atoms with van der Waals surface area (Å²) in [7, 11) is 0. The molecule has 1 aliphatic heterocycles. The SMILES string of the molecule is Cc1ccc(C)c(NC(=O)C[NH+]2CCCCCC2)c1. The molecule has 0 aliphatic carbocycles. The molecule has 1 heterocycles. The molecule has 19 heavy (non-hydrogen) atoms. The Hall–Kier alpha value is -1.35. The van der Waals surface area contributed by atoms with Crippen molar-refractivity contribution in [3.05, 3.63) is 29.3 Å². The number of likely N-dealkylation sites (tertiary alicyclic amines) is 1. The predicted molar refractivity (Wildman–Crippen MR) is 78.6 cm³/mol. The molecule has 1 aromatic carbocycles. The molecule has 1 fully saturated rings. The molecule has 0 unspecified atom stereocenters. The molecule has 1 aromatic rings. The number of carbonyl (C=O) groups excluding carboxylic acids is 1. The Kier molecular flexibility index (Phi) is 4.97. The molecule has 1 saturated heterocycles. The zero-order valence-electron chi connectivity index (χ0n) is 12.1. The maximum absolute atomic E-state index is 12.1. The lowest BCUT2D eigenvalue weighted by atomic mass is 10.1. The van der Waals surface area contributed by atoms with E-state index in [1.807, 2.05) is 13.0 Å². The Morgan fingerprint density at radius 2 is 1.84 bits per heavy atom. The number of benzene rings is 1. The Morgan fingerprint density at radius 1 is 1.16 bits per heavy atom. The second-order valence-corrected chi connectivity index (χ2v) is 5.71. The highest BCUT2D eigenvalue weighted by Gasteiger charge is 2.16. The molecular weight excluding hydrogens is 236 g/mol. The first kappa shape index (κ1) is 14.1. The maximum atomic E-state index is 12.1. The normalized spacial score (nSPS) is 16.9. The van der Waals surface area contributed by atoms with Crippen LogP contribution in [0.15, 0.2) is 18.2 Å². The first-order valence-corrected chi connectivity index (χ1v) is 7.36. The van der Waals surface area contributed by atoms with Crippen molar-refractivity contribution >= 4 is 11.6 Å². The van der Waals surface area contributed by atoms with Crippen molar-refractivity contribution in [1.82, 2.24) is 0 Å². The molecule has 0 atom stereocenters. The summed E-state index contributed by atoms with van der Waals surface area (Å²) in [5.41, 5.74) is 3.27. The van der Waals surface area contributed by atoms with E-state index in [1.54, 1.807) is 0 Å². The van der Waals surface area contributed by atoms with E-state index in [-0.39, 0.29) is 5.91 Å². The van der Waals surface area contributed by atoms with Gasteiger partial charge < -0.3 is 10.2 Å². The molecule has 3 nitrogen and oxygen atoms in total. The van der Waals surface area contributed by atoms with Crippen molar-refractivity contribution in [3.63, 3.8) is 0 Å². The van der Waals surface area contributed by atoms with Crippen LogP contribution in [0.25, 0.3) is 0 Å². The van der Waals surface area contributed by atoms with E-state index >= 15 is 0 Å². The van der Waals surface area contributed by atoms with Gasteiger partial charge in [-0.05, 0) is 56.7 Å². The zero-order valence-corrected chi connectivity index (χ0v) is 12.1. The van der Waals surface area contributed by atoms with Gasteiger partial charge in [-0.1, -0.05) is 12.1 Å². The van der Waals surface area contributed by atoms with Gasteiger partial charge >= 0.3 is 0 Å². The predicted octanol–water partition coefficient (Wildman–Crippen LogP) is 1.70. The van der Waals surface area contributed by atoms with E-state index in [2.05, 4.69) is 24.4 Å². The van der Waals surface area contributed by atoms with Crippen LogP contribution in [-0.2, 0) is 4.79 Å². The lowest BCUT2D eigenvalue weighted by Crippen LogP contribution is -3.12. The smallest absolute Gasteiger partial charge is 0.279 e. The molecule has 0 aromatic heterocycles. The van der Waals surface area contributed by atoms with Crippen molar-refractivity contribution in [2.24, 2.45) is 0 Å². The van der Waals surface area contributed by atoms with Crippen LogP contribution < -0.4 is 10.2 Å². The van der Waals surface area contributed by atoms with Crippen molar-refractivity contribution in [2.75, 3.05) is 25.0 Å². The van der Waals surface area contributed by atoms with Gasteiger partial charge in [0.15, 0.2) is 6.54 Å². The number of nitrogens with one attached hydrogen (secondary N) is 2. The number of anilines is 1. The van der Waals surface area contributed by atoms with Crippen LogP contribution in [0.1, 0.15) is 36.8 Å². The van der Waals surface area contributed by atoms with E-state index < -0.39 is 0 Å². The van der Waals surface area contributed by atoms with Crippen molar-refractivity contribution in [3.8, 4) is 0 Å². The molecule has 104 valence electrons. The van der Waals surface area contributed by atoms with Crippen molar-refractivity contribution in [2.45, 2.75) is 39.5 Å². The Labute approximate surface area is 116 Å². The number of amides is 1. The van der Waals surface area contributed by atoms with Gasteiger partial charge in [0.05, 0.1) is 13.1 Å². The minimum absolute atomic E-state index is 0.144. The summed E-state index contributed by atoms with van der Waals surface area (Å²) in [5.74, 6) is 0.144. The Bertz CT molecular complexity index is 434. The van der Waals surface area contributed by atoms with E-state index in [1.165, 1.54) is 36.1 Å². The Balaban J connectivity index is 1.91. The van der Waals surface area contributed by atoms with Gasteiger partial charge in [-0.15, -0.1) is 0 Å². The zero-order chi connectivity index (χ0) is 13.7. The van der Waals surface area contributed by atoms with Gasteiger partial charge in [-0.3, -0.25) is 4.79 Å². The number of carbonyl (C=O) groups is 1. The topological polar surface area (TPSA) is 33.5 Å². The number of quaternary nitrogens is 1. The second kappa shape index (κ2) is 6.71. The molecule has 2 rings (SSSR count). The maximum Gasteiger partial charge on any atom is 0.279 e. The number of rotatable bonds is 3. The van der Waals surface area contributed by atoms with Crippen LogP contribution >= 0.6 is 0 Å². The lowest BCUT2D eigenvalue weighted by Gasteiger charge is -2.17.